The van der Waals surface area contributed by atoms with E-state index in [2.05, 4.69) is 0 Å². The molecule has 8 heteroatoms. The first-order chi connectivity index (χ1) is 13.4. The van der Waals surface area contributed by atoms with Crippen molar-refractivity contribution in [2.24, 2.45) is 0 Å². The lowest BCUT2D eigenvalue weighted by atomic mass is 10.0. The predicted molar refractivity (Wildman–Crippen MR) is 100 cm³/mol. The Morgan fingerprint density at radius 1 is 1.04 bits per heavy atom. The van der Waals surface area contributed by atoms with Crippen molar-refractivity contribution < 1.29 is 39.2 Å². The Balaban J connectivity index is 2.72. The van der Waals surface area contributed by atoms with Gasteiger partial charge in [-0.25, -0.2) is 4.79 Å². The van der Waals surface area contributed by atoms with Crippen LogP contribution in [0.5, 0.6) is 0 Å². The van der Waals surface area contributed by atoms with Gasteiger partial charge < -0.3 is 24.8 Å². The number of carbonyl (C=O) groups excluding carboxylic acids is 2. The smallest absolute Gasteiger partial charge is 0.330 e. The predicted octanol–water partition coefficient (Wildman–Crippen LogP) is 2.11. The molecule has 1 aliphatic rings. The number of carboxylic acids is 1. The van der Waals surface area contributed by atoms with Crippen LogP contribution in [-0.4, -0.2) is 58.1 Å². The van der Waals surface area contributed by atoms with E-state index >= 15 is 0 Å². The fourth-order valence-corrected chi connectivity index (χ4v) is 3.03. The van der Waals surface area contributed by atoms with Crippen molar-refractivity contribution in [1.29, 1.82) is 0 Å². The van der Waals surface area contributed by atoms with Gasteiger partial charge in [0, 0.05) is 6.08 Å². The van der Waals surface area contributed by atoms with Crippen LogP contribution in [0.4, 0.5) is 0 Å². The Morgan fingerprint density at radius 3 is 2.25 bits per heavy atom. The third-order valence-corrected chi connectivity index (χ3v) is 4.64. The summed E-state index contributed by atoms with van der Waals surface area (Å²) in [7, 11) is 0. The second-order valence-electron chi connectivity index (χ2n) is 7.07. The zero-order valence-corrected chi connectivity index (χ0v) is 16.3. The van der Waals surface area contributed by atoms with E-state index < -0.39 is 36.2 Å². The van der Waals surface area contributed by atoms with Crippen molar-refractivity contribution in [2.75, 3.05) is 6.61 Å². The molecule has 28 heavy (non-hydrogen) atoms. The molecule has 160 valence electrons. The van der Waals surface area contributed by atoms with Crippen molar-refractivity contribution in [3.05, 3.63) is 12.2 Å². The van der Waals surface area contributed by atoms with Crippen LogP contribution in [0.25, 0.3) is 0 Å². The average Bonchev–Trinajstić information content (AvgIpc) is 2.66. The van der Waals surface area contributed by atoms with Crippen molar-refractivity contribution >= 4 is 17.9 Å². The van der Waals surface area contributed by atoms with Crippen LogP contribution in [-0.2, 0) is 23.9 Å². The van der Waals surface area contributed by atoms with Gasteiger partial charge in [0.05, 0.1) is 19.4 Å². The topological polar surface area (TPSA) is 130 Å². The summed E-state index contributed by atoms with van der Waals surface area (Å²) in [6.07, 6.45) is 6.73. The highest BCUT2D eigenvalue weighted by Gasteiger charge is 2.22. The number of hydrogen-bond acceptors (Lipinski definition) is 7. The number of aliphatic hydroxyl groups is 2. The minimum Gasteiger partial charge on any atom is -0.481 e. The molecule has 8 nitrogen and oxygen atoms in total. The van der Waals surface area contributed by atoms with E-state index in [9.17, 15) is 24.6 Å². The molecule has 0 bridgehead atoms. The van der Waals surface area contributed by atoms with Crippen molar-refractivity contribution in [1.82, 2.24) is 0 Å². The van der Waals surface area contributed by atoms with E-state index in [1.165, 1.54) is 6.08 Å². The highest BCUT2D eigenvalue weighted by molar-refractivity contribution is 5.82. The summed E-state index contributed by atoms with van der Waals surface area (Å²) < 4.78 is 10.4. The van der Waals surface area contributed by atoms with E-state index in [-0.39, 0.29) is 19.4 Å². The fraction of sp³-hybridized carbons (Fsp3) is 0.750. The standard InChI is InChI=1S/C20H32O8/c21-14-15-8-6-4-2-1-3-5-7-9-17(16(22)10-12-19(25)27-15)28-20(26)13-11-18(23)24/h10,12,15-17,21-22H,1-9,11,13-14H2,(H,23,24)/b12-10+/t15?,16-,17?/m1/s1. The first-order valence-corrected chi connectivity index (χ1v) is 10.0. The van der Waals surface area contributed by atoms with E-state index in [0.717, 1.165) is 51.0 Å². The molecule has 0 radical (unpaired) electrons. The number of aliphatic carboxylic acids is 1. The molecule has 3 atom stereocenters. The van der Waals surface area contributed by atoms with Gasteiger partial charge in [-0.15, -0.1) is 0 Å². The lowest BCUT2D eigenvalue weighted by molar-refractivity contribution is -0.156. The molecular weight excluding hydrogens is 368 g/mol. The minimum atomic E-state index is -1.21. The Kier molecular flexibility index (Phi) is 12.2. The van der Waals surface area contributed by atoms with Crippen LogP contribution in [0, 0.1) is 0 Å². The van der Waals surface area contributed by atoms with Gasteiger partial charge in [0.2, 0.25) is 0 Å². The molecule has 1 heterocycles. The highest BCUT2D eigenvalue weighted by atomic mass is 16.6. The molecule has 2 unspecified atom stereocenters. The SMILES string of the molecule is O=C(O)CCC(=O)OC1CCCCCCCCCC(CO)OC(=O)/C=C/[C@H]1O. The number of ether oxygens (including phenoxy) is 2. The molecule has 0 aromatic heterocycles. The quantitative estimate of drug-likeness (QED) is 0.598. The van der Waals surface area contributed by atoms with Gasteiger partial charge >= 0.3 is 17.9 Å². The molecular formula is C20H32O8. The molecule has 0 aromatic rings. The van der Waals surface area contributed by atoms with E-state index in [4.69, 9.17) is 14.6 Å². The van der Waals surface area contributed by atoms with Crippen LogP contribution in [0.2, 0.25) is 0 Å². The number of carbonyl (C=O) groups is 3. The Morgan fingerprint density at radius 2 is 1.64 bits per heavy atom. The zero-order chi connectivity index (χ0) is 20.8. The van der Waals surface area contributed by atoms with Crippen molar-refractivity contribution in [3.63, 3.8) is 0 Å². The van der Waals surface area contributed by atoms with E-state index in [1.54, 1.807) is 0 Å². The number of hydrogen-bond donors (Lipinski definition) is 3. The third-order valence-electron chi connectivity index (χ3n) is 4.64. The number of cyclic esters (lactones) is 1. The minimum absolute atomic E-state index is 0.258. The molecule has 0 aliphatic carbocycles. The molecule has 0 fully saturated rings. The molecule has 3 N–H and O–H groups in total. The first kappa shape index (κ1) is 24.1. The Labute approximate surface area is 165 Å². The molecule has 0 amide bonds. The van der Waals surface area contributed by atoms with Crippen molar-refractivity contribution in [3.8, 4) is 0 Å². The van der Waals surface area contributed by atoms with Gasteiger partial charge in [-0.05, 0) is 31.8 Å². The molecule has 0 spiro atoms. The maximum Gasteiger partial charge on any atom is 0.330 e. The van der Waals surface area contributed by atoms with Crippen LogP contribution >= 0.6 is 0 Å². The largest absolute Gasteiger partial charge is 0.481 e. The summed E-state index contributed by atoms with van der Waals surface area (Å²) in [5.74, 6) is -2.48. The Hall–Kier alpha value is -1.93. The lowest BCUT2D eigenvalue weighted by Gasteiger charge is -2.21. The first-order valence-electron chi connectivity index (χ1n) is 10.0. The second kappa shape index (κ2) is 14.1. The maximum absolute atomic E-state index is 11.9. The lowest BCUT2D eigenvalue weighted by Crippen LogP contribution is -2.30. The van der Waals surface area contributed by atoms with Crippen LogP contribution in [0.1, 0.15) is 70.6 Å². The second-order valence-corrected chi connectivity index (χ2v) is 7.07. The Bertz CT molecular complexity index is 516. The number of rotatable bonds is 5. The number of esters is 2. The maximum atomic E-state index is 11.9. The van der Waals surface area contributed by atoms with Crippen molar-refractivity contribution in [2.45, 2.75) is 88.9 Å². The van der Waals surface area contributed by atoms with Gasteiger partial charge in [-0.1, -0.05) is 32.1 Å². The van der Waals surface area contributed by atoms with E-state index in [1.807, 2.05) is 0 Å². The van der Waals surface area contributed by atoms with Crippen LogP contribution in [0.15, 0.2) is 12.2 Å². The number of aliphatic hydroxyl groups excluding tert-OH is 2. The summed E-state index contributed by atoms with van der Waals surface area (Å²) in [6, 6.07) is 0. The molecule has 0 saturated heterocycles. The fourth-order valence-electron chi connectivity index (χ4n) is 3.03. The normalized spacial score (nSPS) is 26.8. The summed E-state index contributed by atoms with van der Waals surface area (Å²) in [5, 5.41) is 28.3. The third kappa shape index (κ3) is 11.0. The number of carboxylic acid groups (broad SMARTS) is 1. The monoisotopic (exact) mass is 400 g/mol. The summed E-state index contributed by atoms with van der Waals surface area (Å²) >= 11 is 0. The van der Waals surface area contributed by atoms with Gasteiger partial charge in [-0.3, -0.25) is 9.59 Å². The summed E-state index contributed by atoms with van der Waals surface area (Å²) in [4.78, 5) is 34.3. The summed E-state index contributed by atoms with van der Waals surface area (Å²) in [6.45, 7) is -0.258. The molecule has 0 saturated carbocycles. The summed E-state index contributed by atoms with van der Waals surface area (Å²) in [5.41, 5.74) is 0. The van der Waals surface area contributed by atoms with E-state index in [0.29, 0.717) is 12.8 Å². The molecule has 1 aliphatic heterocycles. The molecule has 1 rings (SSSR count). The van der Waals surface area contributed by atoms with Crippen LogP contribution < -0.4 is 0 Å². The van der Waals surface area contributed by atoms with Gasteiger partial charge in [0.15, 0.2) is 0 Å². The van der Waals surface area contributed by atoms with Gasteiger partial charge in [0.25, 0.3) is 0 Å². The average molecular weight is 400 g/mol. The highest BCUT2D eigenvalue weighted by Crippen LogP contribution is 2.17. The van der Waals surface area contributed by atoms with Crippen LogP contribution in [0.3, 0.4) is 0 Å². The zero-order valence-electron chi connectivity index (χ0n) is 16.3. The molecule has 0 aromatic carbocycles. The van der Waals surface area contributed by atoms with Gasteiger partial charge in [-0.2, -0.15) is 0 Å². The van der Waals surface area contributed by atoms with Gasteiger partial charge in [0.1, 0.15) is 18.3 Å².